The van der Waals surface area contributed by atoms with Crippen molar-refractivity contribution in [3.05, 3.63) is 6.42 Å². The molecule has 0 spiro atoms. The second-order valence-electron chi connectivity index (χ2n) is 5.60. The van der Waals surface area contributed by atoms with Crippen molar-refractivity contribution in [1.82, 2.24) is 4.90 Å². The molecule has 22 heavy (non-hydrogen) atoms. The highest BCUT2D eigenvalue weighted by molar-refractivity contribution is 5.99. The lowest BCUT2D eigenvalue weighted by atomic mass is 9.91. The lowest BCUT2D eigenvalue weighted by Gasteiger charge is -2.26. The number of carbonyl (C=O) groups excluding carboxylic acids is 4. The van der Waals surface area contributed by atoms with E-state index in [0.717, 1.165) is 4.90 Å². The van der Waals surface area contributed by atoms with Crippen molar-refractivity contribution in [2.75, 3.05) is 13.7 Å². The molecule has 1 radical (unpaired) electrons. The Morgan fingerprint density at radius 1 is 1.36 bits per heavy atom. The highest BCUT2D eigenvalue weighted by Crippen LogP contribution is 2.20. The number of amides is 3. The van der Waals surface area contributed by atoms with Gasteiger partial charge in [-0.2, -0.15) is 0 Å². The molecule has 1 saturated heterocycles. The summed E-state index contributed by atoms with van der Waals surface area (Å²) in [6.45, 7) is 3.24. The van der Waals surface area contributed by atoms with E-state index in [1.807, 2.05) is 0 Å². The summed E-state index contributed by atoms with van der Waals surface area (Å²) < 4.78 is 5.01. The van der Waals surface area contributed by atoms with Gasteiger partial charge in [-0.05, 0) is 12.3 Å². The minimum Gasteiger partial charge on any atom is -0.369 e. The number of likely N-dealkylation sites (N-methyl/N-ethyl adjacent to an activating group) is 1. The van der Waals surface area contributed by atoms with Crippen molar-refractivity contribution in [1.29, 1.82) is 0 Å². The first-order valence-electron chi connectivity index (χ1n) is 6.99. The van der Waals surface area contributed by atoms with Gasteiger partial charge in [0.25, 0.3) is 0 Å². The monoisotopic (exact) mass is 312 g/mol. The fourth-order valence-electron chi connectivity index (χ4n) is 2.23. The molecular formula is C14H22N3O5. The Morgan fingerprint density at radius 2 is 1.95 bits per heavy atom. The van der Waals surface area contributed by atoms with E-state index >= 15 is 0 Å². The van der Waals surface area contributed by atoms with Crippen LogP contribution >= 0.6 is 0 Å². The van der Waals surface area contributed by atoms with E-state index in [9.17, 15) is 19.2 Å². The lowest BCUT2D eigenvalue weighted by molar-refractivity contribution is -0.137. The number of nitrogens with two attached hydrogens (primary N) is 2. The van der Waals surface area contributed by atoms with Gasteiger partial charge in [0.1, 0.15) is 12.6 Å². The molecule has 4 N–H and O–H groups in total. The molecule has 0 aromatic rings. The second kappa shape index (κ2) is 7.35. The zero-order valence-corrected chi connectivity index (χ0v) is 12.9. The van der Waals surface area contributed by atoms with Gasteiger partial charge in [-0.15, -0.1) is 0 Å². The lowest BCUT2D eigenvalue weighted by Crippen LogP contribution is -2.50. The first kappa shape index (κ1) is 18.1. The van der Waals surface area contributed by atoms with Crippen LogP contribution in [0.4, 0.5) is 0 Å². The molecule has 3 amide bonds. The minimum atomic E-state index is -1.13. The van der Waals surface area contributed by atoms with Crippen molar-refractivity contribution in [3.8, 4) is 0 Å². The number of nitrogens with zero attached hydrogens (tertiary/aromatic N) is 1. The van der Waals surface area contributed by atoms with Crippen LogP contribution in [0.3, 0.4) is 0 Å². The van der Waals surface area contributed by atoms with E-state index in [1.165, 1.54) is 13.5 Å². The molecule has 0 aromatic carbocycles. The van der Waals surface area contributed by atoms with Gasteiger partial charge in [-0.1, -0.05) is 13.8 Å². The van der Waals surface area contributed by atoms with Gasteiger partial charge in [0.15, 0.2) is 11.9 Å². The van der Waals surface area contributed by atoms with Crippen LogP contribution in [0.1, 0.15) is 20.3 Å². The Bertz CT molecular complexity index is 479. The highest BCUT2D eigenvalue weighted by Gasteiger charge is 2.43. The van der Waals surface area contributed by atoms with E-state index < -0.39 is 29.9 Å². The van der Waals surface area contributed by atoms with Crippen LogP contribution in [0, 0.1) is 18.3 Å². The number of ether oxygens (including phenoxy) is 1. The van der Waals surface area contributed by atoms with Crippen molar-refractivity contribution in [2.24, 2.45) is 23.3 Å². The van der Waals surface area contributed by atoms with Crippen LogP contribution < -0.4 is 11.5 Å². The van der Waals surface area contributed by atoms with Crippen LogP contribution in [0.5, 0.6) is 0 Å². The number of hydrogen-bond donors (Lipinski definition) is 2. The van der Waals surface area contributed by atoms with Gasteiger partial charge in [0, 0.05) is 13.0 Å². The summed E-state index contributed by atoms with van der Waals surface area (Å²) in [7, 11) is 1.41. The molecule has 8 heteroatoms. The molecule has 123 valence electrons. The van der Waals surface area contributed by atoms with Gasteiger partial charge in [0.2, 0.25) is 17.7 Å². The molecule has 1 fully saturated rings. The highest BCUT2D eigenvalue weighted by atomic mass is 16.5. The topological polar surface area (TPSA) is 133 Å². The molecule has 1 aliphatic heterocycles. The van der Waals surface area contributed by atoms with Gasteiger partial charge < -0.3 is 21.1 Å². The molecule has 4 unspecified atom stereocenters. The van der Waals surface area contributed by atoms with Crippen LogP contribution in [-0.2, 0) is 23.9 Å². The largest absolute Gasteiger partial charge is 0.369 e. The zero-order chi connectivity index (χ0) is 17.0. The number of Topliss-reactive ketones (excluding diaryl/α,β-unsaturated/α-hetero) is 1. The first-order valence-corrected chi connectivity index (χ1v) is 6.99. The molecule has 8 nitrogen and oxygen atoms in total. The number of ketones is 1. The number of hydrogen-bond acceptors (Lipinski definition) is 5. The predicted molar refractivity (Wildman–Crippen MR) is 76.9 cm³/mol. The van der Waals surface area contributed by atoms with E-state index in [2.05, 4.69) is 0 Å². The maximum atomic E-state index is 12.1. The number of carbonyl (C=O) groups is 4. The first-order chi connectivity index (χ1) is 10.2. The molecule has 0 aromatic heterocycles. The Labute approximate surface area is 129 Å². The summed E-state index contributed by atoms with van der Waals surface area (Å²) in [6.07, 6.45) is 0.571. The Kier molecular flexibility index (Phi) is 6.04. The molecule has 1 heterocycles. The van der Waals surface area contributed by atoms with Gasteiger partial charge in [-0.25, -0.2) is 0 Å². The quantitative estimate of drug-likeness (QED) is 0.597. The van der Waals surface area contributed by atoms with Crippen molar-refractivity contribution >= 4 is 23.5 Å². The van der Waals surface area contributed by atoms with E-state index in [4.69, 9.17) is 16.2 Å². The fourth-order valence-corrected chi connectivity index (χ4v) is 2.23. The summed E-state index contributed by atoms with van der Waals surface area (Å²) in [5.74, 6) is -2.51. The van der Waals surface area contributed by atoms with E-state index in [1.54, 1.807) is 13.8 Å². The summed E-state index contributed by atoms with van der Waals surface area (Å²) in [5, 5.41) is 0. The zero-order valence-electron chi connectivity index (χ0n) is 12.9. The Morgan fingerprint density at radius 3 is 2.45 bits per heavy atom. The number of rotatable bonds is 7. The standard InChI is InChI=1S/C14H22N3O5/c1-7(8(2)13(15)20)4-5-10(19)17(3)11-9(18)6-22-12(11)14(16)21/h5,7-8,11-12H,4,6H2,1-3H3,(H2,15,20)(H2,16,21). The average molecular weight is 312 g/mol. The smallest absolute Gasteiger partial charge is 0.249 e. The third-order valence-electron chi connectivity index (χ3n) is 4.03. The molecule has 1 aliphatic rings. The van der Waals surface area contributed by atoms with Crippen molar-refractivity contribution in [3.63, 3.8) is 0 Å². The SMILES string of the molecule is CC(C[CH]C(=O)N(C)C1C(=O)COC1C(N)=O)C(C)C(N)=O. The molecule has 1 rings (SSSR count). The fraction of sp³-hybridized carbons (Fsp3) is 0.643. The Hall–Kier alpha value is -1.96. The van der Waals surface area contributed by atoms with E-state index in [0.29, 0.717) is 6.42 Å². The maximum absolute atomic E-state index is 12.1. The summed E-state index contributed by atoms with van der Waals surface area (Å²) in [4.78, 5) is 47.4. The van der Waals surface area contributed by atoms with Gasteiger partial charge in [-0.3, -0.25) is 19.2 Å². The Balaban J connectivity index is 2.63. The van der Waals surface area contributed by atoms with Crippen molar-refractivity contribution < 1.29 is 23.9 Å². The van der Waals surface area contributed by atoms with Gasteiger partial charge in [0.05, 0.1) is 6.42 Å². The van der Waals surface area contributed by atoms with Crippen LogP contribution in [-0.4, -0.2) is 54.2 Å². The summed E-state index contributed by atoms with van der Waals surface area (Å²) in [6, 6.07) is -1.01. The molecule has 0 saturated carbocycles. The number of primary amides is 2. The van der Waals surface area contributed by atoms with Crippen LogP contribution in [0.25, 0.3) is 0 Å². The minimum absolute atomic E-state index is 0.114. The molecular weight excluding hydrogens is 290 g/mol. The predicted octanol–water partition coefficient (Wildman–Crippen LogP) is -1.38. The third-order valence-corrected chi connectivity index (χ3v) is 4.03. The summed E-state index contributed by atoms with van der Waals surface area (Å²) in [5.41, 5.74) is 10.4. The molecule has 0 bridgehead atoms. The summed E-state index contributed by atoms with van der Waals surface area (Å²) >= 11 is 0. The maximum Gasteiger partial charge on any atom is 0.249 e. The third kappa shape index (κ3) is 4.03. The molecule has 4 atom stereocenters. The van der Waals surface area contributed by atoms with Crippen molar-refractivity contribution in [2.45, 2.75) is 32.4 Å². The normalized spacial score (nSPS) is 23.9. The average Bonchev–Trinajstić information content (AvgIpc) is 2.84. The van der Waals surface area contributed by atoms with Gasteiger partial charge >= 0.3 is 0 Å². The molecule has 0 aliphatic carbocycles. The van der Waals surface area contributed by atoms with Crippen LogP contribution in [0.15, 0.2) is 0 Å². The second-order valence-corrected chi connectivity index (χ2v) is 5.60. The van der Waals surface area contributed by atoms with E-state index in [-0.39, 0.29) is 24.2 Å². The van der Waals surface area contributed by atoms with Crippen LogP contribution in [0.2, 0.25) is 0 Å².